The third-order valence-corrected chi connectivity index (χ3v) is 7.82. The molecular formula is C31H29F3N6O4S. The minimum absolute atomic E-state index is 0.101. The average molecular weight is 639 g/mol. The zero-order valence-corrected chi connectivity index (χ0v) is 25.5. The van der Waals surface area contributed by atoms with Gasteiger partial charge >= 0.3 is 12.4 Å². The van der Waals surface area contributed by atoms with Crippen molar-refractivity contribution < 1.29 is 32.2 Å². The van der Waals surface area contributed by atoms with E-state index < -0.39 is 18.4 Å². The number of hydrogen-bond donors (Lipinski definition) is 1. The standard InChI is InChI=1S/C31H29F3N6O4S/c1-18(2)25-15-24(43-4)13-14-26(25)40-27(41)16-45-30(40)37-29(42)36-19(3)20-5-7-21(8-6-20)28-35-17-39(38-28)22-9-11-23(12-10-22)44-31(32,33)34/h5-15,17-19H,16H2,1-4H3,(H,36,42)/b37-30-. The van der Waals surface area contributed by atoms with Crippen LogP contribution in [0.3, 0.4) is 0 Å². The summed E-state index contributed by atoms with van der Waals surface area (Å²) in [7, 11) is 1.58. The number of nitrogens with zero attached hydrogens (tertiary/aromatic N) is 5. The zero-order valence-electron chi connectivity index (χ0n) is 24.7. The minimum Gasteiger partial charge on any atom is -0.497 e. The number of rotatable bonds is 8. The van der Waals surface area contributed by atoms with Crippen molar-refractivity contribution in [2.45, 2.75) is 39.1 Å². The van der Waals surface area contributed by atoms with Gasteiger partial charge in [0.15, 0.2) is 11.0 Å². The Hall–Kier alpha value is -4.85. The number of halogens is 3. The highest BCUT2D eigenvalue weighted by Gasteiger charge is 2.33. The molecule has 1 aromatic heterocycles. The molecule has 0 spiro atoms. The van der Waals surface area contributed by atoms with Crippen LogP contribution < -0.4 is 19.7 Å². The maximum absolute atomic E-state index is 12.9. The number of aromatic nitrogens is 3. The maximum atomic E-state index is 12.9. The molecule has 2 heterocycles. The van der Waals surface area contributed by atoms with Crippen LogP contribution in [0.2, 0.25) is 0 Å². The number of urea groups is 1. The molecule has 0 radical (unpaired) electrons. The smallest absolute Gasteiger partial charge is 0.497 e. The number of anilines is 1. The van der Waals surface area contributed by atoms with Crippen molar-refractivity contribution in [2.24, 2.45) is 4.99 Å². The zero-order chi connectivity index (χ0) is 32.3. The molecule has 1 saturated heterocycles. The first kappa shape index (κ1) is 31.6. The first-order valence-electron chi connectivity index (χ1n) is 13.8. The molecule has 0 aliphatic carbocycles. The van der Waals surface area contributed by atoms with Crippen LogP contribution in [0.15, 0.2) is 78.0 Å². The molecule has 3 aromatic carbocycles. The normalized spacial score (nSPS) is 15.1. The maximum Gasteiger partial charge on any atom is 0.573 e. The summed E-state index contributed by atoms with van der Waals surface area (Å²) < 4.78 is 48.0. The van der Waals surface area contributed by atoms with E-state index in [0.717, 1.165) is 11.1 Å². The number of carbonyl (C=O) groups excluding carboxylic acids is 2. The topological polar surface area (TPSA) is 111 Å². The predicted octanol–water partition coefficient (Wildman–Crippen LogP) is 6.87. The molecule has 3 amide bonds. The van der Waals surface area contributed by atoms with Gasteiger partial charge in [0.2, 0.25) is 5.91 Å². The van der Waals surface area contributed by atoms with E-state index in [1.54, 1.807) is 31.4 Å². The Kier molecular flexibility index (Phi) is 9.14. The van der Waals surface area contributed by atoms with Crippen LogP contribution in [0.25, 0.3) is 17.1 Å². The number of alkyl halides is 3. The largest absolute Gasteiger partial charge is 0.573 e. The van der Waals surface area contributed by atoms with Crippen LogP contribution in [0.5, 0.6) is 11.5 Å². The highest BCUT2D eigenvalue weighted by atomic mass is 32.2. The number of aliphatic imine (C=N–C) groups is 1. The van der Waals surface area contributed by atoms with Gasteiger partial charge in [0.05, 0.1) is 30.3 Å². The second-order valence-electron chi connectivity index (χ2n) is 10.3. The fourth-order valence-electron chi connectivity index (χ4n) is 4.64. The fourth-order valence-corrected chi connectivity index (χ4v) is 5.49. The summed E-state index contributed by atoms with van der Waals surface area (Å²) in [5.41, 5.74) is 3.58. The molecule has 1 fully saturated rings. The van der Waals surface area contributed by atoms with Crippen LogP contribution in [0, 0.1) is 0 Å². The van der Waals surface area contributed by atoms with Crippen molar-refractivity contribution >= 4 is 34.6 Å². The predicted molar refractivity (Wildman–Crippen MR) is 165 cm³/mol. The lowest BCUT2D eigenvalue weighted by molar-refractivity contribution is -0.274. The summed E-state index contributed by atoms with van der Waals surface area (Å²) >= 11 is 1.20. The highest BCUT2D eigenvalue weighted by molar-refractivity contribution is 8.15. The van der Waals surface area contributed by atoms with Gasteiger partial charge in [0.1, 0.15) is 17.8 Å². The second-order valence-corrected chi connectivity index (χ2v) is 11.3. The van der Waals surface area contributed by atoms with E-state index in [1.165, 1.54) is 51.9 Å². The summed E-state index contributed by atoms with van der Waals surface area (Å²) in [6.07, 6.45) is -3.32. The number of thioether (sulfide) groups is 1. The Balaban J connectivity index is 1.25. The van der Waals surface area contributed by atoms with Crippen molar-refractivity contribution in [3.63, 3.8) is 0 Å². The lowest BCUT2D eigenvalue weighted by Crippen LogP contribution is -2.32. The number of benzene rings is 3. The van der Waals surface area contributed by atoms with Crippen molar-refractivity contribution in [2.75, 3.05) is 17.8 Å². The molecule has 1 atom stereocenters. The molecule has 5 rings (SSSR count). The van der Waals surface area contributed by atoms with E-state index in [9.17, 15) is 22.8 Å². The Bertz CT molecular complexity index is 1720. The van der Waals surface area contributed by atoms with Gasteiger partial charge in [-0.25, -0.2) is 14.5 Å². The molecule has 1 aliphatic heterocycles. The molecule has 0 saturated carbocycles. The molecule has 14 heteroatoms. The molecule has 234 valence electrons. The van der Waals surface area contributed by atoms with Crippen molar-refractivity contribution in [3.05, 3.63) is 84.2 Å². The van der Waals surface area contributed by atoms with Crippen LogP contribution in [0.4, 0.5) is 23.7 Å². The van der Waals surface area contributed by atoms with Crippen LogP contribution in [-0.2, 0) is 4.79 Å². The molecule has 45 heavy (non-hydrogen) atoms. The number of methoxy groups -OCH3 is 1. The Morgan fingerprint density at radius 3 is 2.36 bits per heavy atom. The minimum atomic E-state index is -4.77. The van der Waals surface area contributed by atoms with E-state index in [2.05, 4.69) is 25.1 Å². The van der Waals surface area contributed by atoms with Crippen LogP contribution >= 0.6 is 11.8 Å². The fraction of sp³-hybridized carbons (Fsp3) is 0.258. The first-order chi connectivity index (χ1) is 21.4. The van der Waals surface area contributed by atoms with E-state index >= 15 is 0 Å². The summed E-state index contributed by atoms with van der Waals surface area (Å²) in [5, 5.41) is 7.57. The van der Waals surface area contributed by atoms with Gasteiger partial charge in [-0.3, -0.25) is 9.69 Å². The Labute approximate surface area is 261 Å². The lowest BCUT2D eigenvalue weighted by Gasteiger charge is -2.22. The SMILES string of the molecule is COc1ccc(N2C(=O)CS/C2=N\C(=O)NC(C)c2ccc(-c3ncn(-c4ccc(OC(F)(F)F)cc4)n3)cc2)c(C(C)C)c1. The van der Waals surface area contributed by atoms with Gasteiger partial charge in [-0.15, -0.1) is 18.3 Å². The highest BCUT2D eigenvalue weighted by Crippen LogP contribution is 2.36. The van der Waals surface area contributed by atoms with Crippen molar-refractivity contribution in [1.82, 2.24) is 20.1 Å². The molecular weight excluding hydrogens is 609 g/mol. The number of amidine groups is 1. The second kappa shape index (κ2) is 13.0. The quantitative estimate of drug-likeness (QED) is 0.224. The molecule has 1 unspecified atom stereocenters. The van der Waals surface area contributed by atoms with E-state index in [0.29, 0.717) is 33.7 Å². The van der Waals surface area contributed by atoms with Crippen molar-refractivity contribution in [1.29, 1.82) is 0 Å². The molecule has 10 nitrogen and oxygen atoms in total. The number of nitrogens with one attached hydrogen (secondary N) is 1. The number of ether oxygens (including phenoxy) is 2. The summed E-state index contributed by atoms with van der Waals surface area (Å²) in [4.78, 5) is 35.8. The lowest BCUT2D eigenvalue weighted by atomic mass is 10.00. The molecule has 4 aromatic rings. The monoisotopic (exact) mass is 638 g/mol. The van der Waals surface area contributed by atoms with Gasteiger partial charge < -0.3 is 14.8 Å². The average Bonchev–Trinajstić information content (AvgIpc) is 3.63. The third kappa shape index (κ3) is 7.45. The summed E-state index contributed by atoms with van der Waals surface area (Å²) in [5.74, 6) is 0.862. The Morgan fingerprint density at radius 2 is 1.71 bits per heavy atom. The first-order valence-corrected chi connectivity index (χ1v) is 14.8. The number of carbonyl (C=O) groups is 2. The van der Waals surface area contributed by atoms with Gasteiger partial charge in [-0.1, -0.05) is 49.9 Å². The number of hydrogen-bond acceptors (Lipinski definition) is 7. The van der Waals surface area contributed by atoms with Crippen LogP contribution in [0.1, 0.15) is 43.9 Å². The summed E-state index contributed by atoms with van der Waals surface area (Å²) in [6, 6.07) is 17.0. The molecule has 1 aliphatic rings. The van der Waals surface area contributed by atoms with Gasteiger partial charge in [0.25, 0.3) is 0 Å². The van der Waals surface area contributed by atoms with Gasteiger partial charge in [-0.2, -0.15) is 4.99 Å². The van der Waals surface area contributed by atoms with Crippen LogP contribution in [-0.4, -0.2) is 51.1 Å². The van der Waals surface area contributed by atoms with Gasteiger partial charge in [-0.05, 0) is 66.4 Å². The van der Waals surface area contributed by atoms with Gasteiger partial charge in [0, 0.05) is 5.56 Å². The third-order valence-electron chi connectivity index (χ3n) is 6.90. The van der Waals surface area contributed by atoms with E-state index in [1.807, 2.05) is 39.0 Å². The van der Waals surface area contributed by atoms with E-state index in [4.69, 9.17) is 4.74 Å². The molecule has 1 N–H and O–H groups in total. The Morgan fingerprint density at radius 1 is 1.02 bits per heavy atom. The molecule has 0 bridgehead atoms. The summed E-state index contributed by atoms with van der Waals surface area (Å²) in [6.45, 7) is 5.85. The van der Waals surface area contributed by atoms with Crippen molar-refractivity contribution in [3.8, 4) is 28.6 Å². The van der Waals surface area contributed by atoms with E-state index in [-0.39, 0.29) is 23.3 Å². The number of amides is 3.